The van der Waals surface area contributed by atoms with Crippen molar-refractivity contribution in [3.63, 3.8) is 0 Å². The molecule has 0 aliphatic heterocycles. The summed E-state index contributed by atoms with van der Waals surface area (Å²) in [5.74, 6) is -1.29. The van der Waals surface area contributed by atoms with Crippen LogP contribution in [0.2, 0.25) is 0 Å². The fourth-order valence-corrected chi connectivity index (χ4v) is 1.98. The summed E-state index contributed by atoms with van der Waals surface area (Å²) < 4.78 is 0. The Morgan fingerprint density at radius 3 is 2.57 bits per heavy atom. The zero-order valence-electron chi connectivity index (χ0n) is 11.9. The molecular formula is C16H20N2O3. The molecule has 1 rings (SSSR count). The van der Waals surface area contributed by atoms with Crippen LogP contribution in [0.3, 0.4) is 0 Å². The van der Waals surface area contributed by atoms with Crippen LogP contribution in [0.4, 0.5) is 0 Å². The van der Waals surface area contributed by atoms with Crippen LogP contribution >= 0.6 is 0 Å². The highest BCUT2D eigenvalue weighted by molar-refractivity contribution is 5.83. The fourth-order valence-electron chi connectivity index (χ4n) is 1.98. The predicted octanol–water partition coefficient (Wildman–Crippen LogP) is 2.27. The van der Waals surface area contributed by atoms with Gasteiger partial charge in [0, 0.05) is 12.8 Å². The number of nitrogens with zero attached hydrogens (tertiary/aromatic N) is 1. The lowest BCUT2D eigenvalue weighted by Gasteiger charge is -2.14. The first-order chi connectivity index (χ1) is 10.1. The van der Waals surface area contributed by atoms with Crippen LogP contribution in [0.25, 0.3) is 0 Å². The van der Waals surface area contributed by atoms with E-state index in [-0.39, 0.29) is 12.3 Å². The number of carbonyl (C=O) groups is 2. The number of amides is 1. The standard InChI is InChI=1S/C16H20N2O3/c17-12-6-2-5-9-14(16(20)21)18-15(19)11-10-13-7-3-1-4-8-13/h1,3-4,7-8,14H,2,5-6,9-11H2,(H,18,19)(H,20,21)/t14-/m1/s1. The van der Waals surface area contributed by atoms with Gasteiger partial charge in [0.25, 0.3) is 0 Å². The maximum Gasteiger partial charge on any atom is 0.326 e. The molecule has 5 heteroatoms. The second kappa shape index (κ2) is 9.54. The van der Waals surface area contributed by atoms with Gasteiger partial charge < -0.3 is 10.4 Å². The number of carbonyl (C=O) groups excluding carboxylic acids is 1. The lowest BCUT2D eigenvalue weighted by atomic mass is 10.1. The Labute approximate surface area is 124 Å². The Bertz CT molecular complexity index is 494. The molecule has 1 aromatic rings. The molecule has 0 aliphatic carbocycles. The maximum atomic E-state index is 11.8. The van der Waals surface area contributed by atoms with Crippen molar-refractivity contribution >= 4 is 11.9 Å². The van der Waals surface area contributed by atoms with Crippen LogP contribution in [-0.2, 0) is 16.0 Å². The zero-order valence-corrected chi connectivity index (χ0v) is 11.9. The number of carboxylic acids is 1. The highest BCUT2D eigenvalue weighted by Gasteiger charge is 2.19. The minimum absolute atomic E-state index is 0.258. The highest BCUT2D eigenvalue weighted by Crippen LogP contribution is 2.06. The molecule has 112 valence electrons. The smallest absolute Gasteiger partial charge is 0.326 e. The SMILES string of the molecule is N#CCCCC[C@@H](NC(=O)CCc1ccccc1)C(=O)O. The second-order valence-corrected chi connectivity index (χ2v) is 4.85. The lowest BCUT2D eigenvalue weighted by Crippen LogP contribution is -2.40. The molecule has 1 atom stereocenters. The molecule has 0 saturated carbocycles. The number of aliphatic carboxylic acids is 1. The molecule has 1 amide bonds. The number of hydrogen-bond donors (Lipinski definition) is 2. The molecule has 0 aliphatic rings. The van der Waals surface area contributed by atoms with Crippen molar-refractivity contribution in [1.82, 2.24) is 5.32 Å². The summed E-state index contributed by atoms with van der Waals surface area (Å²) >= 11 is 0. The third-order valence-electron chi connectivity index (χ3n) is 3.15. The molecule has 5 nitrogen and oxygen atoms in total. The number of nitrogens with one attached hydrogen (secondary N) is 1. The van der Waals surface area contributed by atoms with Gasteiger partial charge in [0.2, 0.25) is 5.91 Å². The number of rotatable bonds is 9. The molecule has 0 aromatic heterocycles. The van der Waals surface area contributed by atoms with Gasteiger partial charge in [-0.3, -0.25) is 4.79 Å². The van der Waals surface area contributed by atoms with Crippen LogP contribution in [0.15, 0.2) is 30.3 Å². The first-order valence-corrected chi connectivity index (χ1v) is 7.06. The molecule has 0 spiro atoms. The molecular weight excluding hydrogens is 268 g/mol. The van der Waals surface area contributed by atoms with Crippen molar-refractivity contribution in [2.75, 3.05) is 0 Å². The quantitative estimate of drug-likeness (QED) is 0.682. The summed E-state index contributed by atoms with van der Waals surface area (Å²) in [6, 6.07) is 10.7. The van der Waals surface area contributed by atoms with E-state index in [1.165, 1.54) is 0 Å². The summed E-state index contributed by atoms with van der Waals surface area (Å²) in [5, 5.41) is 20.1. The van der Waals surface area contributed by atoms with Gasteiger partial charge in [-0.25, -0.2) is 4.79 Å². The first kappa shape index (κ1) is 16.7. The van der Waals surface area contributed by atoms with Gasteiger partial charge in [0.1, 0.15) is 6.04 Å². The Morgan fingerprint density at radius 1 is 1.24 bits per heavy atom. The molecule has 0 fully saturated rings. The molecule has 0 radical (unpaired) electrons. The Hall–Kier alpha value is -2.35. The van der Waals surface area contributed by atoms with Gasteiger partial charge in [-0.1, -0.05) is 30.3 Å². The minimum atomic E-state index is -1.03. The molecule has 0 heterocycles. The van der Waals surface area contributed by atoms with Crippen molar-refractivity contribution in [3.8, 4) is 6.07 Å². The number of unbranched alkanes of at least 4 members (excludes halogenated alkanes) is 2. The van der Waals surface area contributed by atoms with Crippen LogP contribution < -0.4 is 5.32 Å². The van der Waals surface area contributed by atoms with E-state index in [2.05, 4.69) is 5.32 Å². The van der Waals surface area contributed by atoms with Crippen molar-refractivity contribution in [3.05, 3.63) is 35.9 Å². The van der Waals surface area contributed by atoms with Gasteiger partial charge >= 0.3 is 5.97 Å². The maximum absolute atomic E-state index is 11.8. The molecule has 1 aromatic carbocycles. The van der Waals surface area contributed by atoms with Gasteiger partial charge in [-0.05, 0) is 31.2 Å². The third-order valence-corrected chi connectivity index (χ3v) is 3.15. The number of carboxylic acid groups (broad SMARTS) is 1. The van der Waals surface area contributed by atoms with Gasteiger partial charge in [0.15, 0.2) is 0 Å². The summed E-state index contributed by atoms with van der Waals surface area (Å²) in [6.45, 7) is 0. The fraction of sp³-hybridized carbons (Fsp3) is 0.438. The van der Waals surface area contributed by atoms with Crippen molar-refractivity contribution < 1.29 is 14.7 Å². The third kappa shape index (κ3) is 7.11. The van der Waals surface area contributed by atoms with E-state index in [0.29, 0.717) is 32.1 Å². The number of benzene rings is 1. The number of hydrogen-bond acceptors (Lipinski definition) is 3. The summed E-state index contributed by atoms with van der Waals surface area (Å²) in [4.78, 5) is 22.9. The summed E-state index contributed by atoms with van der Waals surface area (Å²) in [7, 11) is 0. The molecule has 2 N–H and O–H groups in total. The van der Waals surface area contributed by atoms with Crippen LogP contribution in [0, 0.1) is 11.3 Å². The van der Waals surface area contributed by atoms with Gasteiger partial charge in [0.05, 0.1) is 6.07 Å². The van der Waals surface area contributed by atoms with E-state index in [1.807, 2.05) is 36.4 Å². The molecule has 0 unspecified atom stereocenters. The average molecular weight is 288 g/mol. The van der Waals surface area contributed by atoms with Crippen LogP contribution in [-0.4, -0.2) is 23.0 Å². The monoisotopic (exact) mass is 288 g/mol. The van der Waals surface area contributed by atoms with E-state index >= 15 is 0 Å². The second-order valence-electron chi connectivity index (χ2n) is 4.85. The van der Waals surface area contributed by atoms with Crippen molar-refractivity contribution in [2.24, 2.45) is 0 Å². The summed E-state index contributed by atoms with van der Waals surface area (Å²) in [6.07, 6.45) is 2.89. The molecule has 0 saturated heterocycles. The van der Waals surface area contributed by atoms with E-state index in [4.69, 9.17) is 10.4 Å². The number of aryl methyl sites for hydroxylation is 1. The summed E-state index contributed by atoms with van der Waals surface area (Å²) in [5.41, 5.74) is 1.05. The zero-order chi connectivity index (χ0) is 15.5. The van der Waals surface area contributed by atoms with E-state index in [1.54, 1.807) is 0 Å². The largest absolute Gasteiger partial charge is 0.480 e. The Kier molecular flexibility index (Phi) is 7.59. The van der Waals surface area contributed by atoms with Crippen LogP contribution in [0.1, 0.15) is 37.7 Å². The normalized spacial score (nSPS) is 11.4. The van der Waals surface area contributed by atoms with E-state index in [0.717, 1.165) is 5.56 Å². The van der Waals surface area contributed by atoms with Crippen molar-refractivity contribution in [1.29, 1.82) is 5.26 Å². The topological polar surface area (TPSA) is 90.2 Å². The number of nitriles is 1. The Balaban J connectivity index is 2.35. The van der Waals surface area contributed by atoms with Gasteiger partial charge in [-0.15, -0.1) is 0 Å². The Morgan fingerprint density at radius 2 is 1.95 bits per heavy atom. The average Bonchev–Trinajstić information content (AvgIpc) is 2.49. The predicted molar refractivity (Wildman–Crippen MR) is 78.4 cm³/mol. The van der Waals surface area contributed by atoms with Gasteiger partial charge in [-0.2, -0.15) is 5.26 Å². The van der Waals surface area contributed by atoms with E-state index in [9.17, 15) is 9.59 Å². The molecule has 0 bridgehead atoms. The van der Waals surface area contributed by atoms with E-state index < -0.39 is 12.0 Å². The minimum Gasteiger partial charge on any atom is -0.480 e. The molecule has 21 heavy (non-hydrogen) atoms. The first-order valence-electron chi connectivity index (χ1n) is 7.06. The van der Waals surface area contributed by atoms with Crippen molar-refractivity contribution in [2.45, 2.75) is 44.6 Å². The lowest BCUT2D eigenvalue weighted by molar-refractivity contribution is -0.142. The highest BCUT2D eigenvalue weighted by atomic mass is 16.4. The van der Waals surface area contributed by atoms with Crippen LogP contribution in [0.5, 0.6) is 0 Å².